The zero-order chi connectivity index (χ0) is 25.2. The first-order chi connectivity index (χ1) is 17.1. The molecule has 4 rings (SSSR count). The van der Waals surface area contributed by atoms with Crippen molar-refractivity contribution in [3.63, 3.8) is 0 Å². The lowest BCUT2D eigenvalue weighted by Crippen LogP contribution is -2.35. The summed E-state index contributed by atoms with van der Waals surface area (Å²) in [5.41, 5.74) is 6.75. The van der Waals surface area contributed by atoms with Gasteiger partial charge in [0, 0.05) is 36.9 Å². The Balaban J connectivity index is 0.00000167. The number of nitrogens with one attached hydrogen (secondary N) is 3. The molecular formula is C25H41FN8O. The van der Waals surface area contributed by atoms with Gasteiger partial charge in [0.15, 0.2) is 11.6 Å². The number of benzene rings is 1. The third kappa shape index (κ3) is 7.38. The van der Waals surface area contributed by atoms with Crippen molar-refractivity contribution in [3.8, 4) is 5.75 Å². The summed E-state index contributed by atoms with van der Waals surface area (Å²) < 4.78 is 19.1. The SMILES string of the molecule is CC.CCN1CCCC1CNc1nc(NCC2CCCC2N)nc(Nc2ccc(OC)c(F)c2)n1. The van der Waals surface area contributed by atoms with Gasteiger partial charge in [-0.3, -0.25) is 4.90 Å². The summed E-state index contributed by atoms with van der Waals surface area (Å²) in [6.45, 7) is 9.83. The molecule has 3 unspecified atom stereocenters. The van der Waals surface area contributed by atoms with Crippen LogP contribution in [0.4, 0.5) is 27.9 Å². The van der Waals surface area contributed by atoms with E-state index in [9.17, 15) is 4.39 Å². The monoisotopic (exact) mass is 488 g/mol. The minimum atomic E-state index is -0.454. The van der Waals surface area contributed by atoms with E-state index in [2.05, 4.69) is 42.7 Å². The molecule has 194 valence electrons. The lowest BCUT2D eigenvalue weighted by Gasteiger charge is -2.23. The molecule has 2 aliphatic rings. The number of likely N-dealkylation sites (tertiary alicyclic amines) is 1. The van der Waals surface area contributed by atoms with Gasteiger partial charge in [0.05, 0.1) is 7.11 Å². The molecule has 35 heavy (non-hydrogen) atoms. The second-order valence-electron chi connectivity index (χ2n) is 8.82. The lowest BCUT2D eigenvalue weighted by molar-refractivity contribution is 0.277. The molecular weight excluding hydrogens is 447 g/mol. The van der Waals surface area contributed by atoms with Crippen LogP contribution in [0.5, 0.6) is 5.75 Å². The van der Waals surface area contributed by atoms with Gasteiger partial charge in [-0.15, -0.1) is 0 Å². The molecule has 1 aliphatic carbocycles. The number of anilines is 4. The lowest BCUT2D eigenvalue weighted by atomic mass is 10.1. The number of rotatable bonds is 10. The Labute approximate surface area is 208 Å². The van der Waals surface area contributed by atoms with Crippen molar-refractivity contribution in [2.45, 2.75) is 65.0 Å². The number of aromatic nitrogens is 3. The van der Waals surface area contributed by atoms with E-state index < -0.39 is 5.82 Å². The van der Waals surface area contributed by atoms with Gasteiger partial charge >= 0.3 is 0 Å². The Kier molecular flexibility index (Phi) is 10.3. The zero-order valence-electron chi connectivity index (χ0n) is 21.5. The normalized spacial score (nSPS) is 21.8. The van der Waals surface area contributed by atoms with Crippen LogP contribution in [0.25, 0.3) is 0 Å². The fourth-order valence-corrected chi connectivity index (χ4v) is 4.76. The molecule has 3 atom stereocenters. The highest BCUT2D eigenvalue weighted by Gasteiger charge is 2.25. The van der Waals surface area contributed by atoms with Crippen LogP contribution >= 0.6 is 0 Å². The van der Waals surface area contributed by atoms with Crippen LogP contribution in [-0.2, 0) is 0 Å². The van der Waals surface area contributed by atoms with Crippen molar-refractivity contribution in [2.24, 2.45) is 11.7 Å². The third-order valence-corrected chi connectivity index (χ3v) is 6.68. The second-order valence-corrected chi connectivity index (χ2v) is 8.82. The van der Waals surface area contributed by atoms with Crippen LogP contribution in [-0.4, -0.2) is 65.2 Å². The Morgan fingerprint density at radius 3 is 2.37 bits per heavy atom. The fraction of sp³-hybridized carbons (Fsp3) is 0.640. The maximum Gasteiger partial charge on any atom is 0.233 e. The summed E-state index contributed by atoms with van der Waals surface area (Å²) in [7, 11) is 1.44. The highest BCUT2D eigenvalue weighted by atomic mass is 19.1. The van der Waals surface area contributed by atoms with Gasteiger partial charge in [-0.1, -0.05) is 27.2 Å². The number of hydrogen-bond acceptors (Lipinski definition) is 9. The van der Waals surface area contributed by atoms with Crippen molar-refractivity contribution in [3.05, 3.63) is 24.0 Å². The largest absolute Gasteiger partial charge is 0.494 e. The smallest absolute Gasteiger partial charge is 0.233 e. The topological polar surface area (TPSA) is 113 Å². The molecule has 2 aromatic rings. The average molecular weight is 489 g/mol. The molecule has 1 aromatic heterocycles. The van der Waals surface area contributed by atoms with Crippen LogP contribution in [0.2, 0.25) is 0 Å². The predicted molar refractivity (Wildman–Crippen MR) is 140 cm³/mol. The molecule has 2 fully saturated rings. The van der Waals surface area contributed by atoms with E-state index in [1.54, 1.807) is 12.1 Å². The number of hydrogen-bond donors (Lipinski definition) is 4. The van der Waals surface area contributed by atoms with Gasteiger partial charge in [-0.05, 0) is 56.8 Å². The van der Waals surface area contributed by atoms with E-state index in [1.165, 1.54) is 19.6 Å². The fourth-order valence-electron chi connectivity index (χ4n) is 4.76. The first-order valence-electron chi connectivity index (χ1n) is 12.9. The molecule has 10 heteroatoms. The Hall–Kier alpha value is -2.72. The van der Waals surface area contributed by atoms with Crippen LogP contribution < -0.4 is 26.4 Å². The van der Waals surface area contributed by atoms with Gasteiger partial charge in [-0.25, -0.2) is 4.39 Å². The second kappa shape index (κ2) is 13.4. The van der Waals surface area contributed by atoms with Crippen molar-refractivity contribution in [1.29, 1.82) is 0 Å². The molecule has 0 spiro atoms. The van der Waals surface area contributed by atoms with Gasteiger partial charge < -0.3 is 26.4 Å². The summed E-state index contributed by atoms with van der Waals surface area (Å²) in [4.78, 5) is 16.1. The molecule has 5 N–H and O–H groups in total. The van der Waals surface area contributed by atoms with Crippen molar-refractivity contribution in [2.75, 3.05) is 49.2 Å². The first-order valence-corrected chi connectivity index (χ1v) is 12.9. The predicted octanol–water partition coefficient (Wildman–Crippen LogP) is 4.22. The van der Waals surface area contributed by atoms with E-state index in [4.69, 9.17) is 10.5 Å². The van der Waals surface area contributed by atoms with Gasteiger partial charge in [0.1, 0.15) is 0 Å². The van der Waals surface area contributed by atoms with Crippen LogP contribution in [0.1, 0.15) is 52.9 Å². The maximum atomic E-state index is 14.1. The zero-order valence-corrected chi connectivity index (χ0v) is 21.5. The number of likely N-dealkylation sites (N-methyl/N-ethyl adjacent to an activating group) is 1. The van der Waals surface area contributed by atoms with E-state index in [-0.39, 0.29) is 11.8 Å². The molecule has 0 radical (unpaired) electrons. The molecule has 1 aromatic carbocycles. The van der Waals surface area contributed by atoms with E-state index >= 15 is 0 Å². The average Bonchev–Trinajstić information content (AvgIpc) is 3.51. The molecule has 9 nitrogen and oxygen atoms in total. The van der Waals surface area contributed by atoms with Crippen molar-refractivity contribution in [1.82, 2.24) is 19.9 Å². The number of halogens is 1. The van der Waals surface area contributed by atoms with Gasteiger partial charge in [0.25, 0.3) is 0 Å². The standard InChI is InChI=1S/C23H35FN8O.C2H6/c1-3-32-11-5-7-17(32)14-27-22-29-21(26-13-15-6-4-8-19(15)25)30-23(31-22)28-16-9-10-20(33-2)18(24)12-16;1-2/h9-10,12,15,17,19H,3-8,11,13-14,25H2,1-2H3,(H3,26,27,28,29,30,31);1-2H3. The minimum absolute atomic E-state index is 0.186. The van der Waals surface area contributed by atoms with Crippen LogP contribution in [0, 0.1) is 11.7 Å². The Morgan fingerprint density at radius 2 is 1.74 bits per heavy atom. The molecule has 1 saturated carbocycles. The summed E-state index contributed by atoms with van der Waals surface area (Å²) in [5, 5.41) is 9.80. The number of nitrogens with two attached hydrogens (primary N) is 1. The third-order valence-electron chi connectivity index (χ3n) is 6.68. The minimum Gasteiger partial charge on any atom is -0.494 e. The van der Waals surface area contributed by atoms with E-state index in [0.717, 1.165) is 45.3 Å². The summed E-state index contributed by atoms with van der Waals surface area (Å²) in [6, 6.07) is 5.32. The maximum absolute atomic E-state index is 14.1. The van der Waals surface area contributed by atoms with Crippen LogP contribution in [0.15, 0.2) is 18.2 Å². The van der Waals surface area contributed by atoms with Crippen molar-refractivity contribution < 1.29 is 9.13 Å². The molecule has 0 amide bonds. The highest BCUT2D eigenvalue weighted by Crippen LogP contribution is 2.25. The number of ether oxygens (including phenoxy) is 1. The first kappa shape index (κ1) is 26.9. The Bertz CT molecular complexity index is 930. The summed E-state index contributed by atoms with van der Waals surface area (Å²) in [6.07, 6.45) is 5.69. The summed E-state index contributed by atoms with van der Waals surface area (Å²) >= 11 is 0. The van der Waals surface area contributed by atoms with E-state index in [1.807, 2.05) is 13.8 Å². The molecule has 1 saturated heterocycles. The highest BCUT2D eigenvalue weighted by molar-refractivity contribution is 5.57. The molecule has 2 heterocycles. The number of nitrogens with zero attached hydrogens (tertiary/aromatic N) is 4. The van der Waals surface area contributed by atoms with E-state index in [0.29, 0.717) is 42.0 Å². The molecule has 1 aliphatic heterocycles. The quantitative estimate of drug-likeness (QED) is 0.390. The summed E-state index contributed by atoms with van der Waals surface area (Å²) in [5.74, 6) is 1.44. The number of methoxy groups -OCH3 is 1. The van der Waals surface area contributed by atoms with Crippen molar-refractivity contribution >= 4 is 23.5 Å². The van der Waals surface area contributed by atoms with Crippen LogP contribution in [0.3, 0.4) is 0 Å². The van der Waals surface area contributed by atoms with Gasteiger partial charge in [0.2, 0.25) is 17.8 Å². The molecule has 0 bridgehead atoms. The Morgan fingerprint density at radius 1 is 1.03 bits per heavy atom. The van der Waals surface area contributed by atoms with Gasteiger partial charge in [-0.2, -0.15) is 15.0 Å².